The molecule has 0 saturated carbocycles. The summed E-state index contributed by atoms with van der Waals surface area (Å²) in [6, 6.07) is 0. The van der Waals surface area contributed by atoms with E-state index >= 15 is 0 Å². The van der Waals surface area contributed by atoms with E-state index in [2.05, 4.69) is 4.74 Å². The Morgan fingerprint density at radius 1 is 0.944 bits per heavy atom. The standard InChI is InChI=1S/C12H22O6/c13-9-12(17)18-11(16)8-6-4-2-1-3-5-7-10(14)15/h12-13,17H,1-9H2,(H,14,15). The van der Waals surface area contributed by atoms with Crippen molar-refractivity contribution in [3.63, 3.8) is 0 Å². The molecule has 3 N–H and O–H groups in total. The van der Waals surface area contributed by atoms with Gasteiger partial charge < -0.3 is 20.1 Å². The monoisotopic (exact) mass is 262 g/mol. The van der Waals surface area contributed by atoms with Gasteiger partial charge in [-0.05, 0) is 12.8 Å². The van der Waals surface area contributed by atoms with E-state index < -0.39 is 24.8 Å². The summed E-state index contributed by atoms with van der Waals surface area (Å²) in [5.74, 6) is -1.28. The number of ether oxygens (including phenoxy) is 1. The summed E-state index contributed by atoms with van der Waals surface area (Å²) >= 11 is 0. The zero-order chi connectivity index (χ0) is 13.8. The lowest BCUT2D eigenvalue weighted by atomic mass is 10.1. The molecule has 106 valence electrons. The lowest BCUT2D eigenvalue weighted by molar-refractivity contribution is -0.173. The summed E-state index contributed by atoms with van der Waals surface area (Å²) in [5, 5.41) is 25.7. The summed E-state index contributed by atoms with van der Waals surface area (Å²) in [6.07, 6.45) is 4.07. The fourth-order valence-corrected chi connectivity index (χ4v) is 1.50. The molecule has 6 nitrogen and oxygen atoms in total. The van der Waals surface area contributed by atoms with Crippen molar-refractivity contribution < 1.29 is 29.6 Å². The number of carbonyl (C=O) groups is 2. The predicted octanol–water partition coefficient (Wildman–Crippen LogP) is 1.05. The largest absolute Gasteiger partial charge is 0.481 e. The minimum absolute atomic E-state index is 0.214. The lowest BCUT2D eigenvalue weighted by Crippen LogP contribution is -2.20. The molecule has 0 aromatic rings. The van der Waals surface area contributed by atoms with Crippen molar-refractivity contribution in [3.05, 3.63) is 0 Å². The molecule has 0 aliphatic heterocycles. The van der Waals surface area contributed by atoms with E-state index in [1.165, 1.54) is 0 Å². The fourth-order valence-electron chi connectivity index (χ4n) is 1.50. The van der Waals surface area contributed by atoms with Gasteiger partial charge in [0, 0.05) is 12.8 Å². The van der Waals surface area contributed by atoms with Gasteiger partial charge in [-0.1, -0.05) is 25.7 Å². The quantitative estimate of drug-likeness (QED) is 0.292. The third kappa shape index (κ3) is 11.3. The van der Waals surface area contributed by atoms with Crippen molar-refractivity contribution in [1.29, 1.82) is 0 Å². The molecule has 1 atom stereocenters. The minimum Gasteiger partial charge on any atom is -0.481 e. The maximum Gasteiger partial charge on any atom is 0.308 e. The van der Waals surface area contributed by atoms with Crippen molar-refractivity contribution in [2.75, 3.05) is 6.61 Å². The number of aliphatic carboxylic acids is 1. The third-order valence-electron chi connectivity index (χ3n) is 2.45. The molecule has 0 aromatic carbocycles. The first-order valence-corrected chi connectivity index (χ1v) is 6.26. The number of hydrogen-bond donors (Lipinski definition) is 3. The highest BCUT2D eigenvalue weighted by atomic mass is 16.6. The second kappa shape index (κ2) is 11.0. The second-order valence-corrected chi connectivity index (χ2v) is 4.14. The molecule has 0 fully saturated rings. The molecule has 0 amide bonds. The van der Waals surface area contributed by atoms with Crippen molar-refractivity contribution in [2.24, 2.45) is 0 Å². The van der Waals surface area contributed by atoms with E-state index in [0.717, 1.165) is 25.7 Å². The summed E-state index contributed by atoms with van der Waals surface area (Å²) in [6.45, 7) is -0.588. The molecule has 1 unspecified atom stereocenters. The number of aliphatic hydroxyl groups is 2. The number of carbonyl (C=O) groups excluding carboxylic acids is 1. The number of hydrogen-bond acceptors (Lipinski definition) is 5. The van der Waals surface area contributed by atoms with Crippen LogP contribution in [0.3, 0.4) is 0 Å². The lowest BCUT2D eigenvalue weighted by Gasteiger charge is -2.08. The van der Waals surface area contributed by atoms with E-state index in [9.17, 15) is 9.59 Å². The highest BCUT2D eigenvalue weighted by Crippen LogP contribution is 2.09. The number of aliphatic hydroxyl groups excluding tert-OH is 2. The second-order valence-electron chi connectivity index (χ2n) is 4.14. The van der Waals surface area contributed by atoms with Crippen LogP contribution in [0.1, 0.15) is 51.4 Å². The summed E-state index contributed by atoms with van der Waals surface area (Å²) in [4.78, 5) is 21.3. The van der Waals surface area contributed by atoms with Gasteiger partial charge in [0.2, 0.25) is 6.29 Å². The Bertz CT molecular complexity index is 241. The van der Waals surface area contributed by atoms with Gasteiger partial charge in [0.25, 0.3) is 0 Å². The van der Waals surface area contributed by atoms with Crippen LogP contribution < -0.4 is 0 Å². The molecule has 0 heterocycles. The van der Waals surface area contributed by atoms with Crippen molar-refractivity contribution >= 4 is 11.9 Å². The van der Waals surface area contributed by atoms with Gasteiger partial charge in [0.05, 0.1) is 0 Å². The molecule has 18 heavy (non-hydrogen) atoms. The molecule has 0 saturated heterocycles. The van der Waals surface area contributed by atoms with Gasteiger partial charge in [-0.2, -0.15) is 0 Å². The summed E-state index contributed by atoms with van der Waals surface area (Å²) in [5.41, 5.74) is 0. The molecular formula is C12H22O6. The average molecular weight is 262 g/mol. The first kappa shape index (κ1) is 16.9. The average Bonchev–Trinajstić information content (AvgIpc) is 2.31. The SMILES string of the molecule is O=C(O)CCCCCCCCC(=O)OC(O)CO. The van der Waals surface area contributed by atoms with Crippen molar-refractivity contribution in [1.82, 2.24) is 0 Å². The topological polar surface area (TPSA) is 104 Å². The summed E-state index contributed by atoms with van der Waals surface area (Å²) in [7, 11) is 0. The van der Waals surface area contributed by atoms with Crippen LogP contribution in [-0.4, -0.2) is 40.2 Å². The van der Waals surface area contributed by atoms with Crippen LogP contribution in [0.15, 0.2) is 0 Å². The Morgan fingerprint density at radius 2 is 1.44 bits per heavy atom. The molecule has 0 aromatic heterocycles. The zero-order valence-electron chi connectivity index (χ0n) is 10.5. The van der Waals surface area contributed by atoms with Crippen molar-refractivity contribution in [2.45, 2.75) is 57.7 Å². The molecule has 0 spiro atoms. The van der Waals surface area contributed by atoms with Crippen molar-refractivity contribution in [3.8, 4) is 0 Å². The number of esters is 1. The highest BCUT2D eigenvalue weighted by Gasteiger charge is 2.08. The first-order chi connectivity index (χ1) is 8.56. The molecule has 0 aliphatic carbocycles. The molecule has 0 rings (SSSR count). The molecule has 6 heteroatoms. The predicted molar refractivity (Wildman–Crippen MR) is 63.8 cm³/mol. The van der Waals surface area contributed by atoms with Crippen LogP contribution >= 0.6 is 0 Å². The first-order valence-electron chi connectivity index (χ1n) is 6.26. The third-order valence-corrected chi connectivity index (χ3v) is 2.45. The number of unbranched alkanes of at least 4 members (excludes halogenated alkanes) is 5. The number of carboxylic acids is 1. The normalized spacial score (nSPS) is 12.1. The Labute approximate surface area is 107 Å². The van der Waals surface area contributed by atoms with E-state index in [-0.39, 0.29) is 12.8 Å². The van der Waals surface area contributed by atoms with Gasteiger partial charge in [-0.15, -0.1) is 0 Å². The molecule has 0 aliphatic rings. The zero-order valence-corrected chi connectivity index (χ0v) is 10.5. The van der Waals surface area contributed by atoms with E-state index in [0.29, 0.717) is 12.8 Å². The smallest absolute Gasteiger partial charge is 0.308 e. The minimum atomic E-state index is -1.42. The van der Waals surface area contributed by atoms with Gasteiger partial charge in [-0.25, -0.2) is 0 Å². The fraction of sp³-hybridized carbons (Fsp3) is 0.833. The van der Waals surface area contributed by atoms with Gasteiger partial charge in [0.1, 0.15) is 6.61 Å². The van der Waals surface area contributed by atoms with Crippen LogP contribution in [-0.2, 0) is 14.3 Å². The number of rotatable bonds is 11. The van der Waals surface area contributed by atoms with Gasteiger partial charge in [0.15, 0.2) is 0 Å². The maximum absolute atomic E-state index is 11.1. The Morgan fingerprint density at radius 3 is 1.94 bits per heavy atom. The molecular weight excluding hydrogens is 240 g/mol. The van der Waals surface area contributed by atoms with E-state index in [1.807, 2.05) is 0 Å². The Hall–Kier alpha value is -1.14. The van der Waals surface area contributed by atoms with E-state index in [1.54, 1.807) is 0 Å². The Kier molecular flexibility index (Phi) is 10.3. The van der Waals surface area contributed by atoms with E-state index in [4.69, 9.17) is 15.3 Å². The van der Waals surface area contributed by atoms with Gasteiger partial charge in [-0.3, -0.25) is 9.59 Å². The highest BCUT2D eigenvalue weighted by molar-refractivity contribution is 5.69. The number of carboxylic acid groups (broad SMARTS) is 1. The summed E-state index contributed by atoms with van der Waals surface area (Å²) < 4.78 is 4.47. The van der Waals surface area contributed by atoms with Crippen LogP contribution in [0.4, 0.5) is 0 Å². The Balaban J connectivity index is 3.25. The maximum atomic E-state index is 11.1. The van der Waals surface area contributed by atoms with Crippen LogP contribution in [0.25, 0.3) is 0 Å². The van der Waals surface area contributed by atoms with Crippen LogP contribution in [0, 0.1) is 0 Å². The molecule has 0 bridgehead atoms. The van der Waals surface area contributed by atoms with Gasteiger partial charge >= 0.3 is 11.9 Å². The molecule has 0 radical (unpaired) electrons. The van der Waals surface area contributed by atoms with Crippen LogP contribution in [0.2, 0.25) is 0 Å². The van der Waals surface area contributed by atoms with Crippen LogP contribution in [0.5, 0.6) is 0 Å².